The Bertz CT molecular complexity index is 2210. The van der Waals surface area contributed by atoms with Crippen molar-refractivity contribution in [3.8, 4) is 0 Å². The van der Waals surface area contributed by atoms with Crippen molar-refractivity contribution in [1.29, 1.82) is 0 Å². The maximum Gasteiger partial charge on any atom is 0.264 e. The zero-order valence-electron chi connectivity index (χ0n) is 30.4. The van der Waals surface area contributed by atoms with Gasteiger partial charge in [-0.05, 0) is 77.7 Å². The Hall–Kier alpha value is -6.36. The minimum absolute atomic E-state index is 0.0178. The number of hydrogen-bond donors (Lipinski definition) is 2. The number of fused-ring (bicyclic) bond motifs is 2. The molecule has 0 aliphatic carbocycles. The highest BCUT2D eigenvalue weighted by molar-refractivity contribution is 6.08. The first-order valence-electron chi connectivity index (χ1n) is 18.3. The number of aliphatic hydroxyl groups is 2. The van der Waals surface area contributed by atoms with E-state index in [2.05, 4.69) is 0 Å². The third-order valence-corrected chi connectivity index (χ3v) is 10.6. The van der Waals surface area contributed by atoms with Crippen molar-refractivity contribution >= 4 is 53.1 Å². The van der Waals surface area contributed by atoms with Gasteiger partial charge in [-0.15, -0.1) is 0 Å². The van der Waals surface area contributed by atoms with Crippen LogP contribution in [0.4, 0.5) is 28.4 Å². The van der Waals surface area contributed by atoms with Gasteiger partial charge < -0.3 is 20.0 Å². The van der Waals surface area contributed by atoms with Crippen molar-refractivity contribution in [2.45, 2.75) is 44.5 Å². The van der Waals surface area contributed by atoms with E-state index in [-0.39, 0.29) is 31.5 Å². The highest BCUT2D eigenvalue weighted by atomic mass is 16.3. The fraction of sp³-hybridized carbons (Fsp3) is 0.200. The van der Waals surface area contributed by atoms with E-state index in [4.69, 9.17) is 0 Å². The van der Waals surface area contributed by atoms with E-state index < -0.39 is 17.4 Å². The molecule has 7 rings (SSSR count). The van der Waals surface area contributed by atoms with Gasteiger partial charge in [0.15, 0.2) is 5.60 Å². The Morgan fingerprint density at radius 3 is 1.98 bits per heavy atom. The third kappa shape index (κ3) is 7.17. The molecule has 4 amide bonds. The first-order chi connectivity index (χ1) is 26.8. The number of benzene rings is 5. The van der Waals surface area contributed by atoms with Crippen molar-refractivity contribution in [1.82, 2.24) is 4.90 Å². The lowest BCUT2D eigenvalue weighted by molar-refractivity contribution is -0.139. The molecule has 10 nitrogen and oxygen atoms in total. The first kappa shape index (κ1) is 37.0. The fourth-order valence-electron chi connectivity index (χ4n) is 7.58. The molecule has 0 radical (unpaired) electrons. The number of amides is 4. The van der Waals surface area contributed by atoms with Gasteiger partial charge in [0.05, 0.1) is 24.9 Å². The quantitative estimate of drug-likeness (QED) is 0.105. The lowest BCUT2D eigenvalue weighted by Gasteiger charge is -2.36. The molecule has 0 unspecified atom stereocenters. The van der Waals surface area contributed by atoms with Crippen LogP contribution in [0.5, 0.6) is 0 Å². The van der Waals surface area contributed by atoms with E-state index in [1.807, 2.05) is 84.9 Å². The molecular weight excluding hydrogens is 693 g/mol. The predicted molar refractivity (Wildman–Crippen MR) is 212 cm³/mol. The maximum atomic E-state index is 14.5. The first-order valence-corrected chi connectivity index (χ1v) is 18.3. The molecule has 10 heteroatoms. The molecule has 2 aliphatic rings. The summed E-state index contributed by atoms with van der Waals surface area (Å²) in [7, 11) is 0. The number of aliphatic hydroxyl groups excluding tert-OH is 1. The second kappa shape index (κ2) is 15.9. The average Bonchev–Trinajstić information content (AvgIpc) is 3.44. The molecule has 0 spiro atoms. The SMILES string of the molecule is C[C@@H](/C=C/CC(=O)N1Cc2ccccc2C[C@H]1CO)[C@]1(O)C(=O)N(Cc2ccc(N(C=O)c3ccccc3)cc2)c2ccc(N(C=O)c3ccccc3)cc21. The lowest BCUT2D eigenvalue weighted by atomic mass is 9.82. The van der Waals surface area contributed by atoms with Crippen molar-refractivity contribution in [2.75, 3.05) is 21.3 Å². The topological polar surface area (TPSA) is 122 Å². The summed E-state index contributed by atoms with van der Waals surface area (Å²) in [6.45, 7) is 2.10. The summed E-state index contributed by atoms with van der Waals surface area (Å²) in [5.41, 5.74) is 4.19. The number of anilines is 5. The minimum atomic E-state index is -2.03. The van der Waals surface area contributed by atoms with Crippen LogP contribution in [0.2, 0.25) is 0 Å². The van der Waals surface area contributed by atoms with Crippen molar-refractivity contribution in [3.63, 3.8) is 0 Å². The molecule has 3 atom stereocenters. The number of para-hydroxylation sites is 2. The number of hydrogen-bond acceptors (Lipinski definition) is 6. The lowest BCUT2D eigenvalue weighted by Crippen LogP contribution is -2.46. The Balaban J connectivity index is 1.17. The van der Waals surface area contributed by atoms with Crippen LogP contribution in [0.3, 0.4) is 0 Å². The molecule has 5 aromatic rings. The van der Waals surface area contributed by atoms with Gasteiger partial charge in [0.2, 0.25) is 18.7 Å². The largest absolute Gasteiger partial charge is 0.394 e. The standard InChI is InChI=1S/C45H42N4O6/c1-32(11-10-18-43(53)46-28-35-13-9-8-12-34(35)25-40(46)29-50)45(55)41-26-39(49(31-52)37-16-6-3-7-17-37)23-24-42(41)47(44(45)54)27-33-19-21-38(22-20-33)48(30-51)36-14-4-2-5-15-36/h2-17,19-24,26,30-32,40,50,55H,18,25,27-29H2,1H3/b11-10+/t32-,40-,45+/m0/s1. The zero-order valence-corrected chi connectivity index (χ0v) is 30.4. The van der Waals surface area contributed by atoms with E-state index in [0.717, 1.165) is 23.1 Å². The summed E-state index contributed by atoms with van der Waals surface area (Å²) in [6, 6.07) is 38.3. The molecule has 0 fully saturated rings. The molecule has 5 aromatic carbocycles. The van der Waals surface area contributed by atoms with Crippen LogP contribution >= 0.6 is 0 Å². The van der Waals surface area contributed by atoms with Crippen LogP contribution in [0.25, 0.3) is 0 Å². The number of nitrogens with zero attached hydrogens (tertiary/aromatic N) is 4. The van der Waals surface area contributed by atoms with Crippen LogP contribution in [-0.2, 0) is 44.3 Å². The summed E-state index contributed by atoms with van der Waals surface area (Å²) < 4.78 is 0. The Morgan fingerprint density at radius 2 is 1.36 bits per heavy atom. The van der Waals surface area contributed by atoms with Crippen LogP contribution in [-0.4, -0.2) is 52.4 Å². The zero-order chi connectivity index (χ0) is 38.5. The summed E-state index contributed by atoms with van der Waals surface area (Å²) in [4.78, 5) is 58.6. The molecule has 0 bridgehead atoms. The van der Waals surface area contributed by atoms with Crippen molar-refractivity contribution in [3.05, 3.63) is 162 Å². The van der Waals surface area contributed by atoms with Gasteiger partial charge >= 0.3 is 0 Å². The van der Waals surface area contributed by atoms with Gasteiger partial charge in [0.1, 0.15) is 0 Å². The normalized spacial score (nSPS) is 18.1. The average molecular weight is 735 g/mol. The smallest absolute Gasteiger partial charge is 0.264 e. The molecule has 2 heterocycles. The molecule has 0 aromatic heterocycles. The Labute approximate surface area is 320 Å². The van der Waals surface area contributed by atoms with Gasteiger partial charge in [-0.25, -0.2) is 0 Å². The number of carbonyl (C=O) groups excluding carboxylic acids is 4. The van der Waals surface area contributed by atoms with E-state index >= 15 is 0 Å². The molecule has 2 N–H and O–H groups in total. The second-order valence-corrected chi connectivity index (χ2v) is 13.9. The van der Waals surface area contributed by atoms with E-state index in [9.17, 15) is 29.4 Å². The summed E-state index contributed by atoms with van der Waals surface area (Å²) in [5, 5.41) is 22.6. The summed E-state index contributed by atoms with van der Waals surface area (Å²) in [5.74, 6) is -1.49. The second-order valence-electron chi connectivity index (χ2n) is 13.9. The third-order valence-electron chi connectivity index (χ3n) is 10.6. The highest BCUT2D eigenvalue weighted by Gasteiger charge is 2.52. The summed E-state index contributed by atoms with van der Waals surface area (Å²) >= 11 is 0. The minimum Gasteiger partial charge on any atom is -0.394 e. The van der Waals surface area contributed by atoms with Crippen LogP contribution in [0, 0.1) is 5.92 Å². The van der Waals surface area contributed by atoms with Gasteiger partial charge in [-0.3, -0.25) is 29.0 Å². The molecular formula is C45H42N4O6. The number of carbonyl (C=O) groups is 4. The Kier molecular flexibility index (Phi) is 10.7. The Morgan fingerprint density at radius 1 is 0.800 bits per heavy atom. The van der Waals surface area contributed by atoms with Crippen LogP contribution in [0.1, 0.15) is 35.6 Å². The van der Waals surface area contributed by atoms with Crippen molar-refractivity contribution in [2.24, 2.45) is 5.92 Å². The number of rotatable bonds is 13. The van der Waals surface area contributed by atoms with Gasteiger partial charge in [-0.2, -0.15) is 0 Å². The highest BCUT2D eigenvalue weighted by Crippen LogP contribution is 2.47. The van der Waals surface area contributed by atoms with Crippen molar-refractivity contribution < 1.29 is 29.4 Å². The van der Waals surface area contributed by atoms with Gasteiger partial charge in [0.25, 0.3) is 5.91 Å². The fourth-order valence-corrected chi connectivity index (χ4v) is 7.58. The molecule has 278 valence electrons. The molecule has 2 aliphatic heterocycles. The van der Waals surface area contributed by atoms with E-state index in [1.165, 1.54) is 14.7 Å². The van der Waals surface area contributed by atoms with Crippen LogP contribution in [0.15, 0.2) is 140 Å². The molecule has 0 saturated heterocycles. The molecule has 0 saturated carbocycles. The predicted octanol–water partition coefficient (Wildman–Crippen LogP) is 6.54. The van der Waals surface area contributed by atoms with Crippen LogP contribution < -0.4 is 14.7 Å². The summed E-state index contributed by atoms with van der Waals surface area (Å²) in [6.07, 6.45) is 5.38. The van der Waals surface area contributed by atoms with E-state index in [1.54, 1.807) is 66.4 Å². The monoisotopic (exact) mass is 734 g/mol. The van der Waals surface area contributed by atoms with Gasteiger partial charge in [-0.1, -0.05) is 91.9 Å². The van der Waals surface area contributed by atoms with E-state index in [0.29, 0.717) is 53.4 Å². The molecule has 55 heavy (non-hydrogen) atoms. The van der Waals surface area contributed by atoms with Gasteiger partial charge in [0, 0.05) is 47.2 Å². The maximum absolute atomic E-state index is 14.5.